The molecule has 0 atom stereocenters. The summed E-state index contributed by atoms with van der Waals surface area (Å²) in [7, 11) is 0. The van der Waals surface area contributed by atoms with E-state index in [-0.39, 0.29) is 0 Å². The minimum absolute atomic E-state index is 0.474. The number of hydrogen-bond donors (Lipinski definition) is 0. The summed E-state index contributed by atoms with van der Waals surface area (Å²) in [5, 5.41) is 0. The summed E-state index contributed by atoms with van der Waals surface area (Å²) in [5.41, 5.74) is 1.33. The average molecular weight is 221 g/mol. The average Bonchev–Trinajstić information content (AvgIpc) is 2.29. The van der Waals surface area contributed by atoms with Crippen LogP contribution in [0.3, 0.4) is 0 Å². The Kier molecular flexibility index (Phi) is 5.05. The van der Waals surface area contributed by atoms with Crippen molar-refractivity contribution in [2.75, 3.05) is 19.6 Å². The Labute approximate surface area is 96.7 Å². The molecular weight excluding hydrogens is 202 g/mol. The third-order valence-electron chi connectivity index (χ3n) is 2.59. The maximum Gasteiger partial charge on any atom is 0.168 e. The van der Waals surface area contributed by atoms with Crippen LogP contribution in [0.5, 0.6) is 0 Å². The van der Waals surface area contributed by atoms with Gasteiger partial charge in [-0.05, 0) is 26.1 Å². The van der Waals surface area contributed by atoms with Crippen molar-refractivity contribution in [2.45, 2.75) is 27.2 Å². The van der Waals surface area contributed by atoms with Gasteiger partial charge in [0.25, 0.3) is 0 Å². The maximum absolute atomic E-state index is 10.7. The molecule has 0 radical (unpaired) electrons. The molecule has 0 N–H and O–H groups in total. The lowest BCUT2D eigenvalue weighted by Crippen LogP contribution is -2.26. The molecule has 88 valence electrons. The zero-order valence-electron chi connectivity index (χ0n) is 10.2. The number of aryl methyl sites for hydroxylation is 1. The lowest BCUT2D eigenvalue weighted by atomic mass is 10.3. The second-order valence-electron chi connectivity index (χ2n) is 3.75. The number of aldehydes is 1. The van der Waals surface area contributed by atoms with Gasteiger partial charge in [-0.15, -0.1) is 0 Å². The van der Waals surface area contributed by atoms with E-state index in [9.17, 15) is 4.79 Å². The third kappa shape index (κ3) is 3.70. The van der Waals surface area contributed by atoms with Crippen LogP contribution in [0.4, 0.5) is 0 Å². The van der Waals surface area contributed by atoms with Gasteiger partial charge < -0.3 is 4.90 Å². The smallest absolute Gasteiger partial charge is 0.168 e. The molecule has 0 amide bonds. The van der Waals surface area contributed by atoms with E-state index >= 15 is 0 Å². The van der Waals surface area contributed by atoms with Crippen LogP contribution in [0, 0.1) is 6.92 Å². The fourth-order valence-electron chi connectivity index (χ4n) is 1.63. The predicted octanol–water partition coefficient (Wildman–Crippen LogP) is 1.48. The first kappa shape index (κ1) is 12.8. The summed E-state index contributed by atoms with van der Waals surface area (Å²) in [4.78, 5) is 21.5. The van der Waals surface area contributed by atoms with Crippen molar-refractivity contribution in [1.82, 2.24) is 14.9 Å². The molecule has 0 saturated heterocycles. The highest BCUT2D eigenvalue weighted by Gasteiger charge is 2.04. The number of nitrogens with zero attached hydrogens (tertiary/aromatic N) is 3. The summed E-state index contributed by atoms with van der Waals surface area (Å²) >= 11 is 0. The van der Waals surface area contributed by atoms with Gasteiger partial charge in [-0.25, -0.2) is 9.97 Å². The normalized spacial score (nSPS) is 10.8. The predicted molar refractivity (Wildman–Crippen MR) is 63.6 cm³/mol. The molecule has 0 aliphatic rings. The molecule has 0 saturated carbocycles. The van der Waals surface area contributed by atoms with Gasteiger partial charge in [-0.2, -0.15) is 0 Å². The molecule has 1 aromatic heterocycles. The molecule has 4 nitrogen and oxygen atoms in total. The Hall–Kier alpha value is -1.29. The number of carbonyl (C=O) groups excluding carboxylic acids is 1. The van der Waals surface area contributed by atoms with E-state index in [1.165, 1.54) is 0 Å². The van der Waals surface area contributed by atoms with Crippen LogP contribution in [-0.2, 0) is 6.42 Å². The van der Waals surface area contributed by atoms with E-state index in [4.69, 9.17) is 0 Å². The summed E-state index contributed by atoms with van der Waals surface area (Å²) in [6.45, 7) is 9.16. The highest BCUT2D eigenvalue weighted by molar-refractivity contribution is 5.71. The Balaban J connectivity index is 2.66. The second kappa shape index (κ2) is 6.33. The fourth-order valence-corrected chi connectivity index (χ4v) is 1.63. The van der Waals surface area contributed by atoms with Crippen molar-refractivity contribution in [2.24, 2.45) is 0 Å². The molecule has 1 aromatic rings. The van der Waals surface area contributed by atoms with Gasteiger partial charge in [-0.3, -0.25) is 4.79 Å². The molecule has 0 spiro atoms. The summed E-state index contributed by atoms with van der Waals surface area (Å²) in [5.74, 6) is 0.758. The van der Waals surface area contributed by atoms with Gasteiger partial charge >= 0.3 is 0 Å². The van der Waals surface area contributed by atoms with Crippen LogP contribution in [0.2, 0.25) is 0 Å². The van der Waals surface area contributed by atoms with Crippen LogP contribution in [0.25, 0.3) is 0 Å². The van der Waals surface area contributed by atoms with Gasteiger partial charge in [0.15, 0.2) is 6.29 Å². The lowest BCUT2D eigenvalue weighted by molar-refractivity contribution is 0.111. The zero-order chi connectivity index (χ0) is 12.0. The monoisotopic (exact) mass is 221 g/mol. The second-order valence-corrected chi connectivity index (χ2v) is 3.75. The molecule has 0 aromatic carbocycles. The van der Waals surface area contributed by atoms with Crippen molar-refractivity contribution in [3.63, 3.8) is 0 Å². The van der Waals surface area contributed by atoms with Crippen LogP contribution in [0.15, 0.2) is 6.07 Å². The Morgan fingerprint density at radius 3 is 2.56 bits per heavy atom. The summed E-state index contributed by atoms with van der Waals surface area (Å²) in [6, 6.07) is 1.70. The third-order valence-corrected chi connectivity index (χ3v) is 2.59. The molecular formula is C12H19N3O. The molecule has 0 unspecified atom stereocenters. The molecule has 4 heteroatoms. The van der Waals surface area contributed by atoms with Crippen molar-refractivity contribution in [3.8, 4) is 0 Å². The van der Waals surface area contributed by atoms with Gasteiger partial charge in [0, 0.05) is 18.7 Å². The quantitative estimate of drug-likeness (QED) is 0.683. The van der Waals surface area contributed by atoms with E-state index in [0.717, 1.165) is 43.9 Å². The van der Waals surface area contributed by atoms with Crippen molar-refractivity contribution in [3.05, 3.63) is 23.3 Å². The summed E-state index contributed by atoms with van der Waals surface area (Å²) in [6.07, 6.45) is 1.57. The molecule has 1 heterocycles. The minimum Gasteiger partial charge on any atom is -0.303 e. The van der Waals surface area contributed by atoms with Crippen LogP contribution in [-0.4, -0.2) is 40.8 Å². The maximum atomic E-state index is 10.7. The molecule has 16 heavy (non-hydrogen) atoms. The topological polar surface area (TPSA) is 46.1 Å². The van der Waals surface area contributed by atoms with E-state index in [1.807, 2.05) is 6.92 Å². The molecule has 1 rings (SSSR count). The van der Waals surface area contributed by atoms with E-state index in [1.54, 1.807) is 6.07 Å². The Morgan fingerprint density at radius 1 is 1.31 bits per heavy atom. The van der Waals surface area contributed by atoms with E-state index < -0.39 is 0 Å². The van der Waals surface area contributed by atoms with E-state index in [0.29, 0.717) is 5.69 Å². The van der Waals surface area contributed by atoms with Gasteiger partial charge in [-0.1, -0.05) is 13.8 Å². The highest BCUT2D eigenvalue weighted by atomic mass is 16.1. The number of rotatable bonds is 6. The van der Waals surface area contributed by atoms with Crippen LogP contribution in [0.1, 0.15) is 35.9 Å². The highest BCUT2D eigenvalue weighted by Crippen LogP contribution is 2.00. The number of hydrogen-bond acceptors (Lipinski definition) is 4. The number of carbonyl (C=O) groups is 1. The fraction of sp³-hybridized carbons (Fsp3) is 0.583. The number of likely N-dealkylation sites (N-methyl/N-ethyl adjacent to an activating group) is 1. The van der Waals surface area contributed by atoms with Gasteiger partial charge in [0.05, 0.1) is 0 Å². The molecule has 0 aliphatic heterocycles. The van der Waals surface area contributed by atoms with Crippen molar-refractivity contribution < 1.29 is 4.79 Å². The zero-order valence-corrected chi connectivity index (χ0v) is 10.2. The van der Waals surface area contributed by atoms with Crippen molar-refractivity contribution in [1.29, 1.82) is 0 Å². The van der Waals surface area contributed by atoms with Crippen LogP contribution < -0.4 is 0 Å². The Bertz CT molecular complexity index is 348. The van der Waals surface area contributed by atoms with Gasteiger partial charge in [0.2, 0.25) is 0 Å². The Morgan fingerprint density at radius 2 is 2.00 bits per heavy atom. The van der Waals surface area contributed by atoms with Crippen LogP contribution >= 0.6 is 0 Å². The minimum atomic E-state index is 0.474. The standard InChI is InChI=1S/C12H19N3O/c1-4-15(5-2)7-6-12-13-10(3)8-11(9-16)14-12/h8-9H,4-7H2,1-3H3. The number of aromatic nitrogens is 2. The first-order valence-electron chi connectivity index (χ1n) is 5.71. The molecule has 0 aliphatic carbocycles. The molecule has 0 fully saturated rings. The SMILES string of the molecule is CCN(CC)CCc1nc(C)cc(C=O)n1. The summed E-state index contributed by atoms with van der Waals surface area (Å²) < 4.78 is 0. The van der Waals surface area contributed by atoms with E-state index in [2.05, 4.69) is 28.7 Å². The van der Waals surface area contributed by atoms with Gasteiger partial charge in [0.1, 0.15) is 11.5 Å². The molecule has 0 bridgehead atoms. The lowest BCUT2D eigenvalue weighted by Gasteiger charge is -2.17. The first-order valence-corrected chi connectivity index (χ1v) is 5.71. The first-order chi connectivity index (χ1) is 7.69. The van der Waals surface area contributed by atoms with Crippen molar-refractivity contribution >= 4 is 6.29 Å². The largest absolute Gasteiger partial charge is 0.303 e.